The summed E-state index contributed by atoms with van der Waals surface area (Å²) in [5, 5.41) is 23.2. The lowest BCUT2D eigenvalue weighted by Crippen LogP contribution is -2.45. The molecule has 0 bridgehead atoms. The van der Waals surface area contributed by atoms with Gasteiger partial charge in [0.05, 0.1) is 18.8 Å². The summed E-state index contributed by atoms with van der Waals surface area (Å²) < 4.78 is 0. The predicted molar refractivity (Wildman–Crippen MR) is 322 cm³/mol. The number of aliphatic hydroxyl groups is 2. The zero-order valence-corrected chi connectivity index (χ0v) is 47.2. The highest BCUT2D eigenvalue weighted by Crippen LogP contribution is 2.16. The first kappa shape index (κ1) is 68.5. The van der Waals surface area contributed by atoms with E-state index in [1.165, 1.54) is 148 Å². The lowest BCUT2D eigenvalue weighted by molar-refractivity contribution is -0.123. The summed E-state index contributed by atoms with van der Waals surface area (Å²) in [7, 11) is 0. The molecule has 0 saturated carbocycles. The molecule has 3 N–H and O–H groups in total. The van der Waals surface area contributed by atoms with Crippen molar-refractivity contribution in [3.8, 4) is 0 Å². The first-order valence-electron chi connectivity index (χ1n) is 30.4. The minimum absolute atomic E-state index is 0.0759. The number of carbonyl (C=O) groups excluding carboxylic acids is 1. The van der Waals surface area contributed by atoms with Crippen LogP contribution in [0.5, 0.6) is 0 Å². The Bertz CT molecular complexity index is 1450. The van der Waals surface area contributed by atoms with Crippen LogP contribution >= 0.6 is 0 Å². The minimum Gasteiger partial charge on any atom is -0.394 e. The molecule has 0 heterocycles. The van der Waals surface area contributed by atoms with E-state index in [1.807, 2.05) is 6.08 Å². The second-order valence-corrected chi connectivity index (χ2v) is 20.0. The van der Waals surface area contributed by atoms with Crippen molar-refractivity contribution < 1.29 is 15.0 Å². The number of allylic oxidation sites excluding steroid dienone is 21. The molecule has 2 unspecified atom stereocenters. The van der Waals surface area contributed by atoms with Crippen molar-refractivity contribution >= 4 is 5.91 Å². The smallest absolute Gasteiger partial charge is 0.220 e. The van der Waals surface area contributed by atoms with E-state index < -0.39 is 12.1 Å². The monoisotopic (exact) mass is 994 g/mol. The van der Waals surface area contributed by atoms with E-state index >= 15 is 0 Å². The fourth-order valence-electron chi connectivity index (χ4n) is 8.56. The van der Waals surface area contributed by atoms with Crippen molar-refractivity contribution in [2.45, 2.75) is 283 Å². The maximum Gasteiger partial charge on any atom is 0.220 e. The highest BCUT2D eigenvalue weighted by molar-refractivity contribution is 5.76. The number of amides is 1. The molecule has 4 nitrogen and oxygen atoms in total. The molecule has 0 spiro atoms. The van der Waals surface area contributed by atoms with Gasteiger partial charge in [-0.05, 0) is 96.3 Å². The number of hydrogen-bond acceptors (Lipinski definition) is 3. The topological polar surface area (TPSA) is 69.6 Å². The van der Waals surface area contributed by atoms with E-state index in [9.17, 15) is 15.0 Å². The largest absolute Gasteiger partial charge is 0.394 e. The summed E-state index contributed by atoms with van der Waals surface area (Å²) in [5.74, 6) is -0.0759. The van der Waals surface area contributed by atoms with E-state index in [0.717, 1.165) is 103 Å². The molecular formula is C68H115NO3. The summed E-state index contributed by atoms with van der Waals surface area (Å²) in [5.41, 5.74) is 0. The molecule has 0 aliphatic heterocycles. The van der Waals surface area contributed by atoms with Crippen molar-refractivity contribution in [3.05, 3.63) is 134 Å². The predicted octanol–water partition coefficient (Wildman–Crippen LogP) is 20.6. The van der Waals surface area contributed by atoms with Crippen molar-refractivity contribution in [1.82, 2.24) is 5.32 Å². The number of unbranched alkanes of at least 4 members (excludes halogenated alkanes) is 27. The van der Waals surface area contributed by atoms with E-state index in [1.54, 1.807) is 6.08 Å². The van der Waals surface area contributed by atoms with E-state index in [0.29, 0.717) is 6.42 Å². The summed E-state index contributed by atoms with van der Waals surface area (Å²) in [6, 6.07) is -0.637. The number of rotatable bonds is 54. The first-order chi connectivity index (χ1) is 35.7. The van der Waals surface area contributed by atoms with Crippen LogP contribution < -0.4 is 5.32 Å². The van der Waals surface area contributed by atoms with Crippen LogP contribution in [0.4, 0.5) is 0 Å². The van der Waals surface area contributed by atoms with Gasteiger partial charge in [-0.15, -0.1) is 0 Å². The normalized spacial score (nSPS) is 13.8. The van der Waals surface area contributed by atoms with Crippen molar-refractivity contribution in [3.63, 3.8) is 0 Å². The molecule has 410 valence electrons. The lowest BCUT2D eigenvalue weighted by atomic mass is 10.0. The van der Waals surface area contributed by atoms with Gasteiger partial charge in [-0.3, -0.25) is 4.79 Å². The van der Waals surface area contributed by atoms with Gasteiger partial charge in [0.2, 0.25) is 5.91 Å². The average molecular weight is 995 g/mol. The van der Waals surface area contributed by atoms with Crippen LogP contribution in [0.3, 0.4) is 0 Å². The van der Waals surface area contributed by atoms with Crippen LogP contribution in [0, 0.1) is 0 Å². The number of nitrogens with one attached hydrogen (secondary N) is 1. The second kappa shape index (κ2) is 61.8. The fraction of sp³-hybridized carbons (Fsp3) is 0.662. The Hall–Kier alpha value is -3.47. The highest BCUT2D eigenvalue weighted by atomic mass is 16.3. The Kier molecular flexibility index (Phi) is 58.8. The molecule has 0 aliphatic rings. The van der Waals surface area contributed by atoms with Gasteiger partial charge < -0.3 is 15.5 Å². The summed E-state index contributed by atoms with van der Waals surface area (Å²) in [6.07, 6.45) is 96.2. The van der Waals surface area contributed by atoms with E-state index in [4.69, 9.17) is 0 Å². The molecule has 0 aliphatic carbocycles. The number of hydrogen-bond donors (Lipinski definition) is 3. The molecule has 72 heavy (non-hydrogen) atoms. The Morgan fingerprint density at radius 3 is 0.917 bits per heavy atom. The van der Waals surface area contributed by atoms with Gasteiger partial charge in [0.15, 0.2) is 0 Å². The molecule has 0 aromatic heterocycles. The van der Waals surface area contributed by atoms with Gasteiger partial charge in [0.25, 0.3) is 0 Å². The van der Waals surface area contributed by atoms with Crippen LogP contribution in [0.2, 0.25) is 0 Å². The summed E-state index contributed by atoms with van der Waals surface area (Å²) in [6.45, 7) is 4.20. The van der Waals surface area contributed by atoms with E-state index in [-0.39, 0.29) is 12.5 Å². The van der Waals surface area contributed by atoms with Gasteiger partial charge in [0.1, 0.15) is 0 Å². The molecule has 0 saturated heterocycles. The van der Waals surface area contributed by atoms with Crippen molar-refractivity contribution in [1.29, 1.82) is 0 Å². The van der Waals surface area contributed by atoms with Crippen molar-refractivity contribution in [2.75, 3.05) is 6.61 Å². The van der Waals surface area contributed by atoms with Crippen molar-refractivity contribution in [2.24, 2.45) is 0 Å². The first-order valence-corrected chi connectivity index (χ1v) is 30.4. The van der Waals surface area contributed by atoms with Gasteiger partial charge >= 0.3 is 0 Å². The molecule has 2 atom stereocenters. The Balaban J connectivity index is 3.62. The van der Waals surface area contributed by atoms with Gasteiger partial charge in [0, 0.05) is 6.42 Å². The standard InChI is InChI=1S/C68H115NO3/c1-3-5-7-9-11-13-15-17-19-21-23-25-26-27-28-29-30-31-32-33-34-35-36-37-38-39-40-41-42-44-46-48-50-52-54-56-58-60-62-64-68(72)69-66(65-70)67(71)63-61-59-57-55-53-51-49-47-45-43-24-22-20-18-16-14-12-10-8-6-4-2/h5,7,11,13,17,19,23,25,27-28,30-31,33-34,36-37,39-40,42,44,61,63,66-67,70-71H,3-4,6,8-10,12,14-16,18,20-22,24,26,29,32,35,38,41,43,45-60,62,64-65H2,1-2H3,(H,69,72)/b7-5-,13-11-,19-17-,25-23-,28-27-,31-30-,34-33-,37-36-,40-39-,44-42-,63-61+. The van der Waals surface area contributed by atoms with Crippen LogP contribution in [0.25, 0.3) is 0 Å². The van der Waals surface area contributed by atoms with Crippen LogP contribution in [-0.2, 0) is 4.79 Å². The fourth-order valence-corrected chi connectivity index (χ4v) is 8.56. The quantitative estimate of drug-likeness (QED) is 0.0420. The lowest BCUT2D eigenvalue weighted by Gasteiger charge is -2.20. The average Bonchev–Trinajstić information content (AvgIpc) is 3.39. The Morgan fingerprint density at radius 1 is 0.347 bits per heavy atom. The minimum atomic E-state index is -0.852. The SMILES string of the molecule is CC/C=C\C/C=C\C/C=C\C/C=C\C/C=C\C/C=C\C/C=C\C/C=C\C/C=C\C/C=C\CCCCCCCCCCC(=O)NC(CO)C(O)/C=C/CCCCCCCCCCCCCCCCCCCCC. The summed E-state index contributed by atoms with van der Waals surface area (Å²) in [4.78, 5) is 12.5. The van der Waals surface area contributed by atoms with Crippen LogP contribution in [-0.4, -0.2) is 34.9 Å². The highest BCUT2D eigenvalue weighted by Gasteiger charge is 2.18. The molecular weight excluding hydrogens is 879 g/mol. The van der Waals surface area contributed by atoms with E-state index in [2.05, 4.69) is 141 Å². The number of carbonyl (C=O) groups is 1. The molecule has 0 rings (SSSR count). The molecule has 4 heteroatoms. The zero-order chi connectivity index (χ0) is 52.0. The maximum absolute atomic E-state index is 12.5. The van der Waals surface area contributed by atoms with Gasteiger partial charge in [-0.1, -0.05) is 302 Å². The molecule has 0 aromatic rings. The van der Waals surface area contributed by atoms with Crippen LogP contribution in [0.15, 0.2) is 134 Å². The summed E-state index contributed by atoms with van der Waals surface area (Å²) >= 11 is 0. The third kappa shape index (κ3) is 57.4. The number of aliphatic hydroxyl groups excluding tert-OH is 2. The van der Waals surface area contributed by atoms with Gasteiger partial charge in [-0.2, -0.15) is 0 Å². The maximum atomic E-state index is 12.5. The third-order valence-electron chi connectivity index (χ3n) is 13.1. The third-order valence-corrected chi connectivity index (χ3v) is 13.1. The van der Waals surface area contributed by atoms with Crippen LogP contribution in [0.1, 0.15) is 271 Å². The second-order valence-electron chi connectivity index (χ2n) is 20.0. The Morgan fingerprint density at radius 2 is 0.611 bits per heavy atom. The Labute approximate surface area is 447 Å². The molecule has 0 aromatic carbocycles. The van der Waals surface area contributed by atoms with Gasteiger partial charge in [-0.25, -0.2) is 0 Å². The zero-order valence-electron chi connectivity index (χ0n) is 47.2. The molecule has 0 fully saturated rings. The molecule has 1 amide bonds. The molecule has 0 radical (unpaired) electrons.